The maximum absolute atomic E-state index is 12.9. The number of carbonyl (C=O) groups excluding carboxylic acids is 3. The summed E-state index contributed by atoms with van der Waals surface area (Å²) in [4.78, 5) is 38.0. The molecule has 2 aliphatic rings. The minimum Gasteiger partial charge on any atom is -0.449 e. The quantitative estimate of drug-likeness (QED) is 0.834. The molecule has 0 saturated carbocycles. The Labute approximate surface area is 163 Å². The van der Waals surface area contributed by atoms with E-state index in [0.29, 0.717) is 24.3 Å². The molecule has 1 saturated heterocycles. The Hall–Kier alpha value is -3.15. The lowest BCUT2D eigenvalue weighted by Gasteiger charge is -2.39. The van der Waals surface area contributed by atoms with Crippen LogP contribution in [0.2, 0.25) is 0 Å². The van der Waals surface area contributed by atoms with Crippen LogP contribution in [0, 0.1) is 0 Å². The average Bonchev–Trinajstić information content (AvgIpc) is 2.95. The van der Waals surface area contributed by atoms with Gasteiger partial charge in [-0.15, -0.1) is 0 Å². The van der Waals surface area contributed by atoms with Gasteiger partial charge in [0, 0.05) is 24.7 Å². The Balaban J connectivity index is 1.47. The van der Waals surface area contributed by atoms with Gasteiger partial charge in [-0.25, -0.2) is 4.79 Å². The highest BCUT2D eigenvalue weighted by Crippen LogP contribution is 2.42. The number of likely N-dealkylation sites (tertiary alicyclic amines) is 1. The molecule has 2 aromatic carbocycles. The Bertz CT molecular complexity index is 938. The first-order valence-electron chi connectivity index (χ1n) is 9.44. The summed E-state index contributed by atoms with van der Waals surface area (Å²) < 4.78 is 5.77. The molecule has 4 rings (SSSR count). The van der Waals surface area contributed by atoms with Crippen LogP contribution in [0.15, 0.2) is 48.5 Å². The van der Waals surface area contributed by atoms with Gasteiger partial charge in [0.05, 0.1) is 18.5 Å². The Kier molecular flexibility index (Phi) is 4.63. The van der Waals surface area contributed by atoms with Gasteiger partial charge >= 0.3 is 5.97 Å². The van der Waals surface area contributed by atoms with Crippen molar-refractivity contribution in [2.75, 3.05) is 18.4 Å². The van der Waals surface area contributed by atoms with Crippen LogP contribution in [-0.2, 0) is 26.3 Å². The van der Waals surface area contributed by atoms with Gasteiger partial charge in [-0.05, 0) is 36.6 Å². The SMILES string of the molecule is CC(=O)Nc1ccc(CC(=O)N2CCC[C@@]3(C2)OC(=O)c2ccccc23)cc1. The second kappa shape index (κ2) is 7.11. The third-order valence-electron chi connectivity index (χ3n) is 5.36. The second-order valence-corrected chi connectivity index (χ2v) is 7.40. The first-order chi connectivity index (χ1) is 13.5. The highest BCUT2D eigenvalue weighted by Gasteiger charge is 2.48. The van der Waals surface area contributed by atoms with Gasteiger partial charge in [0.1, 0.15) is 0 Å². The number of piperidine rings is 1. The van der Waals surface area contributed by atoms with E-state index in [4.69, 9.17) is 4.74 Å². The number of fused-ring (bicyclic) bond motifs is 2. The van der Waals surface area contributed by atoms with E-state index < -0.39 is 5.60 Å². The maximum Gasteiger partial charge on any atom is 0.339 e. The summed E-state index contributed by atoms with van der Waals surface area (Å²) in [5.74, 6) is -0.431. The van der Waals surface area contributed by atoms with Gasteiger partial charge in [0.15, 0.2) is 5.60 Å². The monoisotopic (exact) mass is 378 g/mol. The Morgan fingerprint density at radius 2 is 1.89 bits per heavy atom. The number of amides is 2. The highest BCUT2D eigenvalue weighted by molar-refractivity contribution is 5.95. The number of ether oxygens (including phenoxy) is 1. The van der Waals surface area contributed by atoms with Crippen LogP contribution in [0.5, 0.6) is 0 Å². The third-order valence-corrected chi connectivity index (χ3v) is 5.36. The molecule has 0 aliphatic carbocycles. The molecular weight excluding hydrogens is 356 g/mol. The number of carbonyl (C=O) groups is 3. The molecule has 0 unspecified atom stereocenters. The summed E-state index contributed by atoms with van der Waals surface area (Å²) in [7, 11) is 0. The smallest absolute Gasteiger partial charge is 0.339 e. The van der Waals surface area contributed by atoms with Gasteiger partial charge in [-0.3, -0.25) is 9.59 Å². The Morgan fingerprint density at radius 3 is 2.64 bits per heavy atom. The molecule has 0 bridgehead atoms. The highest BCUT2D eigenvalue weighted by atomic mass is 16.6. The minimum absolute atomic E-state index is 0.00628. The van der Waals surface area contributed by atoms with Crippen LogP contribution in [0.1, 0.15) is 41.3 Å². The van der Waals surface area contributed by atoms with E-state index in [1.165, 1.54) is 6.92 Å². The van der Waals surface area contributed by atoms with E-state index in [1.54, 1.807) is 23.1 Å². The molecular formula is C22H22N2O4. The summed E-state index contributed by atoms with van der Waals surface area (Å²) >= 11 is 0. The maximum atomic E-state index is 12.9. The molecule has 1 N–H and O–H groups in total. The number of hydrogen-bond acceptors (Lipinski definition) is 4. The molecule has 2 heterocycles. The van der Waals surface area contributed by atoms with Gasteiger partial charge in [-0.2, -0.15) is 0 Å². The molecule has 1 atom stereocenters. The van der Waals surface area contributed by atoms with E-state index in [0.717, 1.165) is 24.0 Å². The Morgan fingerprint density at radius 1 is 1.14 bits per heavy atom. The van der Waals surface area contributed by atoms with Crippen LogP contribution in [0.4, 0.5) is 5.69 Å². The molecule has 2 amide bonds. The number of anilines is 1. The van der Waals surface area contributed by atoms with E-state index in [2.05, 4.69) is 5.32 Å². The van der Waals surface area contributed by atoms with Gasteiger partial charge in [-0.1, -0.05) is 30.3 Å². The molecule has 0 radical (unpaired) electrons. The van der Waals surface area contributed by atoms with Crippen LogP contribution < -0.4 is 5.32 Å². The van der Waals surface area contributed by atoms with Crippen molar-refractivity contribution in [1.82, 2.24) is 4.90 Å². The van der Waals surface area contributed by atoms with Gasteiger partial charge < -0.3 is 15.0 Å². The third kappa shape index (κ3) is 3.38. The molecule has 0 aromatic heterocycles. The fourth-order valence-electron chi connectivity index (χ4n) is 4.08. The largest absolute Gasteiger partial charge is 0.449 e. The summed E-state index contributed by atoms with van der Waals surface area (Å²) in [6.45, 7) is 2.50. The zero-order chi connectivity index (χ0) is 19.7. The van der Waals surface area contributed by atoms with E-state index in [1.807, 2.05) is 30.3 Å². The average molecular weight is 378 g/mol. The topological polar surface area (TPSA) is 75.7 Å². The summed E-state index contributed by atoms with van der Waals surface area (Å²) in [6, 6.07) is 14.7. The summed E-state index contributed by atoms with van der Waals surface area (Å²) in [5, 5.41) is 2.71. The normalized spacial score (nSPS) is 20.6. The van der Waals surface area contributed by atoms with Gasteiger partial charge in [0.25, 0.3) is 0 Å². The van der Waals surface area contributed by atoms with Crippen molar-refractivity contribution in [2.24, 2.45) is 0 Å². The lowest BCUT2D eigenvalue weighted by Crippen LogP contribution is -2.49. The van der Waals surface area contributed by atoms with Crippen LogP contribution in [-0.4, -0.2) is 35.8 Å². The lowest BCUT2D eigenvalue weighted by atomic mass is 9.85. The van der Waals surface area contributed by atoms with E-state index in [-0.39, 0.29) is 24.2 Å². The number of benzene rings is 2. The van der Waals surface area contributed by atoms with E-state index in [9.17, 15) is 14.4 Å². The zero-order valence-corrected chi connectivity index (χ0v) is 15.7. The molecule has 144 valence electrons. The first-order valence-corrected chi connectivity index (χ1v) is 9.44. The van der Waals surface area contributed by atoms with Crippen molar-refractivity contribution >= 4 is 23.5 Å². The predicted molar refractivity (Wildman–Crippen MR) is 104 cm³/mol. The summed E-state index contributed by atoms with van der Waals surface area (Å²) in [5.41, 5.74) is 2.34. The first kappa shape index (κ1) is 18.2. The molecule has 2 aliphatic heterocycles. The lowest BCUT2D eigenvalue weighted by molar-refractivity contribution is -0.138. The summed E-state index contributed by atoms with van der Waals surface area (Å²) in [6.07, 6.45) is 1.78. The number of nitrogens with zero attached hydrogens (tertiary/aromatic N) is 1. The van der Waals surface area contributed by atoms with Crippen LogP contribution >= 0.6 is 0 Å². The van der Waals surface area contributed by atoms with Crippen molar-refractivity contribution in [3.8, 4) is 0 Å². The fraction of sp³-hybridized carbons (Fsp3) is 0.318. The van der Waals surface area contributed by atoms with Crippen molar-refractivity contribution in [2.45, 2.75) is 31.8 Å². The molecule has 28 heavy (non-hydrogen) atoms. The van der Waals surface area contributed by atoms with Crippen LogP contribution in [0.25, 0.3) is 0 Å². The van der Waals surface area contributed by atoms with Crippen molar-refractivity contribution < 1.29 is 19.1 Å². The zero-order valence-electron chi connectivity index (χ0n) is 15.7. The molecule has 2 aromatic rings. The van der Waals surface area contributed by atoms with Crippen LogP contribution in [0.3, 0.4) is 0 Å². The predicted octanol–water partition coefficient (Wildman–Crippen LogP) is 2.88. The molecule has 6 nitrogen and oxygen atoms in total. The number of rotatable bonds is 3. The van der Waals surface area contributed by atoms with Crippen molar-refractivity contribution in [1.29, 1.82) is 0 Å². The minimum atomic E-state index is -0.725. The van der Waals surface area contributed by atoms with Crippen molar-refractivity contribution in [3.05, 3.63) is 65.2 Å². The molecule has 6 heteroatoms. The number of hydrogen-bond donors (Lipinski definition) is 1. The molecule has 1 fully saturated rings. The number of nitrogens with one attached hydrogen (secondary N) is 1. The number of esters is 1. The fourth-order valence-corrected chi connectivity index (χ4v) is 4.08. The van der Waals surface area contributed by atoms with Crippen molar-refractivity contribution in [3.63, 3.8) is 0 Å². The molecule has 1 spiro atoms. The standard InChI is InChI=1S/C22H22N2O4/c1-15(25)23-17-9-7-16(8-10-17)13-20(26)24-12-4-11-22(14-24)19-6-3-2-5-18(19)21(27)28-22/h2-3,5-10H,4,11-14H2,1H3,(H,23,25)/t22-/m0/s1. The van der Waals surface area contributed by atoms with E-state index >= 15 is 0 Å². The van der Waals surface area contributed by atoms with Gasteiger partial charge in [0.2, 0.25) is 11.8 Å². The second-order valence-electron chi connectivity index (χ2n) is 7.40.